The van der Waals surface area contributed by atoms with Crippen LogP contribution < -0.4 is 10.6 Å². The number of nitriles is 1. The normalized spacial score (nSPS) is 14.5. The van der Waals surface area contributed by atoms with Gasteiger partial charge >= 0.3 is 12.2 Å². The predicted octanol–water partition coefficient (Wildman–Crippen LogP) is 2.96. The Kier molecular flexibility index (Phi) is 5.64. The Morgan fingerprint density at radius 2 is 2.10 bits per heavy atom. The molecule has 158 valence electrons. The third kappa shape index (κ3) is 4.35. The molecule has 1 atom stereocenters. The molecule has 3 rings (SSSR count). The number of urea groups is 1. The van der Waals surface area contributed by atoms with Gasteiger partial charge in [0.25, 0.3) is 5.91 Å². The number of alkyl halides is 3. The van der Waals surface area contributed by atoms with E-state index in [1.54, 1.807) is 11.4 Å². The van der Waals surface area contributed by atoms with E-state index in [4.69, 9.17) is 9.78 Å². The van der Waals surface area contributed by atoms with Crippen LogP contribution in [0.5, 0.6) is 0 Å². The Bertz CT molecular complexity index is 1030. The number of benzene rings is 1. The van der Waals surface area contributed by atoms with Crippen molar-refractivity contribution < 1.29 is 31.7 Å². The number of hydrogen-bond acceptors (Lipinski definition) is 5. The summed E-state index contributed by atoms with van der Waals surface area (Å²) in [4.78, 5) is 26.0. The van der Waals surface area contributed by atoms with Crippen molar-refractivity contribution in [2.75, 3.05) is 11.9 Å². The first-order chi connectivity index (χ1) is 14.1. The molecule has 0 spiro atoms. The highest BCUT2D eigenvalue weighted by Gasteiger charge is 2.39. The molecule has 0 saturated heterocycles. The van der Waals surface area contributed by atoms with Gasteiger partial charge in [-0.05, 0) is 25.1 Å². The van der Waals surface area contributed by atoms with Crippen LogP contribution in [-0.4, -0.2) is 40.8 Å². The van der Waals surface area contributed by atoms with Crippen molar-refractivity contribution in [2.24, 2.45) is 0 Å². The second kappa shape index (κ2) is 8.02. The zero-order valence-electron chi connectivity index (χ0n) is 15.5. The molecule has 30 heavy (non-hydrogen) atoms. The number of anilines is 1. The first kappa shape index (κ1) is 21.1. The van der Waals surface area contributed by atoms with E-state index < -0.39 is 35.7 Å². The van der Waals surface area contributed by atoms with Crippen molar-refractivity contribution in [3.8, 4) is 6.07 Å². The fourth-order valence-electron chi connectivity index (χ4n) is 2.80. The molecule has 8 nitrogen and oxygen atoms in total. The summed E-state index contributed by atoms with van der Waals surface area (Å²) in [5.41, 5.74) is 0.522. The van der Waals surface area contributed by atoms with Crippen molar-refractivity contribution in [2.45, 2.75) is 32.1 Å². The van der Waals surface area contributed by atoms with Gasteiger partial charge in [-0.2, -0.15) is 18.4 Å². The van der Waals surface area contributed by atoms with Gasteiger partial charge in [0.1, 0.15) is 17.9 Å². The van der Waals surface area contributed by atoms with Crippen molar-refractivity contribution in [3.63, 3.8) is 0 Å². The van der Waals surface area contributed by atoms with Crippen molar-refractivity contribution in [1.29, 1.82) is 5.26 Å². The van der Waals surface area contributed by atoms with E-state index in [2.05, 4.69) is 10.5 Å². The minimum absolute atomic E-state index is 0.125. The molecule has 1 aliphatic rings. The standard InChI is InChI=1S/C18H15F4N5O3/c1-9(18(20,21)22)24-16(28)15-12-8-27(5-4-14(12)26-30-15)17(29)25-11-2-3-13(19)10(6-11)7-23/h2-3,6,9H,4-5,8H2,1H3,(H,24,28)(H,25,29)/t9-/m1/s1. The Balaban J connectivity index is 1.72. The van der Waals surface area contributed by atoms with Gasteiger partial charge in [0.2, 0.25) is 5.76 Å². The summed E-state index contributed by atoms with van der Waals surface area (Å²) in [5, 5.41) is 16.9. The Hall–Kier alpha value is -3.62. The first-order valence-electron chi connectivity index (χ1n) is 8.70. The molecule has 1 aromatic carbocycles. The van der Waals surface area contributed by atoms with E-state index >= 15 is 0 Å². The molecule has 0 aliphatic carbocycles. The predicted molar refractivity (Wildman–Crippen MR) is 93.7 cm³/mol. The van der Waals surface area contributed by atoms with Gasteiger partial charge in [0, 0.05) is 24.2 Å². The van der Waals surface area contributed by atoms with Gasteiger partial charge in [-0.15, -0.1) is 0 Å². The lowest BCUT2D eigenvalue weighted by Crippen LogP contribution is -2.44. The number of aromatic nitrogens is 1. The molecule has 0 unspecified atom stereocenters. The maximum Gasteiger partial charge on any atom is 0.408 e. The maximum atomic E-state index is 13.4. The molecular weight excluding hydrogens is 410 g/mol. The molecule has 2 aromatic rings. The summed E-state index contributed by atoms with van der Waals surface area (Å²) in [6.45, 7) is 0.871. The van der Waals surface area contributed by atoms with E-state index in [9.17, 15) is 27.2 Å². The van der Waals surface area contributed by atoms with E-state index in [0.29, 0.717) is 5.69 Å². The minimum atomic E-state index is -4.63. The SMILES string of the molecule is C[C@@H](NC(=O)c1onc2c1CN(C(=O)Nc1ccc(F)c(C#N)c1)CC2)C(F)(F)F. The first-order valence-corrected chi connectivity index (χ1v) is 8.70. The van der Waals surface area contributed by atoms with Crippen molar-refractivity contribution in [3.05, 3.63) is 46.6 Å². The molecule has 3 amide bonds. The van der Waals surface area contributed by atoms with Crippen LogP contribution in [0.1, 0.15) is 34.3 Å². The number of rotatable bonds is 3. The number of halogens is 4. The zero-order chi connectivity index (χ0) is 22.1. The second-order valence-corrected chi connectivity index (χ2v) is 6.58. The fourth-order valence-corrected chi connectivity index (χ4v) is 2.80. The summed E-state index contributed by atoms with van der Waals surface area (Å²) in [7, 11) is 0. The molecule has 2 N–H and O–H groups in total. The second-order valence-electron chi connectivity index (χ2n) is 6.58. The minimum Gasteiger partial charge on any atom is -0.350 e. The van der Waals surface area contributed by atoms with Crippen LogP contribution in [0.15, 0.2) is 22.7 Å². The molecule has 0 fully saturated rings. The molecule has 2 heterocycles. The van der Waals surface area contributed by atoms with Gasteiger partial charge in [-0.1, -0.05) is 5.16 Å². The number of hydrogen-bond donors (Lipinski definition) is 2. The average Bonchev–Trinajstić information content (AvgIpc) is 3.11. The number of carbonyl (C=O) groups excluding carboxylic acids is 2. The number of amides is 3. The number of nitrogens with one attached hydrogen (secondary N) is 2. The summed E-state index contributed by atoms with van der Waals surface area (Å²) >= 11 is 0. The Morgan fingerprint density at radius 1 is 1.37 bits per heavy atom. The van der Waals surface area contributed by atoms with Crippen LogP contribution >= 0.6 is 0 Å². The lowest BCUT2D eigenvalue weighted by molar-refractivity contribution is -0.149. The van der Waals surface area contributed by atoms with Crippen molar-refractivity contribution >= 4 is 17.6 Å². The molecule has 1 aromatic heterocycles. The monoisotopic (exact) mass is 425 g/mol. The van der Waals surface area contributed by atoms with Crippen LogP contribution in [0.25, 0.3) is 0 Å². The molecule has 12 heteroatoms. The topological polar surface area (TPSA) is 111 Å². The Labute approximate surface area is 167 Å². The molecule has 0 radical (unpaired) electrons. The average molecular weight is 425 g/mol. The van der Waals surface area contributed by atoms with E-state index in [1.165, 1.54) is 17.0 Å². The maximum absolute atomic E-state index is 13.4. The van der Waals surface area contributed by atoms with E-state index in [-0.39, 0.29) is 36.3 Å². The highest BCUT2D eigenvalue weighted by molar-refractivity contribution is 5.94. The lowest BCUT2D eigenvalue weighted by atomic mass is 10.1. The molecule has 1 aliphatic heterocycles. The summed E-state index contributed by atoms with van der Waals surface area (Å²) in [6, 6.07) is 2.44. The number of fused-ring (bicyclic) bond motifs is 1. The molecular formula is C18H15F4N5O3. The van der Waals surface area contributed by atoms with Gasteiger partial charge in [-0.25, -0.2) is 9.18 Å². The summed E-state index contributed by atoms with van der Waals surface area (Å²) in [6.07, 6.45) is -4.40. The van der Waals surface area contributed by atoms with Crippen LogP contribution in [0.2, 0.25) is 0 Å². The van der Waals surface area contributed by atoms with Crippen LogP contribution in [0.3, 0.4) is 0 Å². The third-order valence-corrected chi connectivity index (χ3v) is 4.51. The lowest BCUT2D eigenvalue weighted by Gasteiger charge is -2.26. The highest BCUT2D eigenvalue weighted by Crippen LogP contribution is 2.25. The van der Waals surface area contributed by atoms with Crippen LogP contribution in [0, 0.1) is 17.1 Å². The number of nitrogens with zero attached hydrogens (tertiary/aromatic N) is 3. The van der Waals surface area contributed by atoms with Crippen molar-refractivity contribution in [1.82, 2.24) is 15.4 Å². The van der Waals surface area contributed by atoms with Gasteiger partial charge in [0.05, 0.1) is 17.8 Å². The van der Waals surface area contributed by atoms with Gasteiger partial charge < -0.3 is 20.1 Å². The zero-order valence-corrected chi connectivity index (χ0v) is 15.5. The largest absolute Gasteiger partial charge is 0.408 e. The van der Waals surface area contributed by atoms with Gasteiger partial charge in [-0.3, -0.25) is 4.79 Å². The van der Waals surface area contributed by atoms with Gasteiger partial charge in [0.15, 0.2) is 0 Å². The van der Waals surface area contributed by atoms with Crippen LogP contribution in [0.4, 0.5) is 28.0 Å². The summed E-state index contributed by atoms with van der Waals surface area (Å²) < 4.78 is 56.4. The Morgan fingerprint density at radius 3 is 2.77 bits per heavy atom. The fraction of sp³-hybridized carbons (Fsp3) is 0.333. The summed E-state index contributed by atoms with van der Waals surface area (Å²) in [5.74, 6) is -2.22. The number of carbonyl (C=O) groups is 2. The molecule has 0 saturated carbocycles. The highest BCUT2D eigenvalue weighted by atomic mass is 19.4. The smallest absolute Gasteiger partial charge is 0.350 e. The van der Waals surface area contributed by atoms with Crippen LogP contribution in [-0.2, 0) is 13.0 Å². The molecule has 0 bridgehead atoms. The quantitative estimate of drug-likeness (QED) is 0.735. The van der Waals surface area contributed by atoms with E-state index in [1.807, 2.05) is 0 Å². The van der Waals surface area contributed by atoms with E-state index in [0.717, 1.165) is 13.0 Å². The third-order valence-electron chi connectivity index (χ3n) is 4.51.